The minimum Gasteiger partial charge on any atom is -0.496 e. The van der Waals surface area contributed by atoms with Crippen LogP contribution in [0.5, 0.6) is 11.5 Å². The van der Waals surface area contributed by atoms with Crippen molar-refractivity contribution < 1.29 is 19.0 Å². The molecule has 2 aromatic rings. The number of benzene rings is 2. The molecule has 4 aliphatic heterocycles. The molecule has 6 nitrogen and oxygen atoms in total. The second-order valence-electron chi connectivity index (χ2n) is 8.37. The molecule has 1 amide bonds. The first-order valence-corrected chi connectivity index (χ1v) is 10.8. The van der Waals surface area contributed by atoms with Crippen LogP contribution in [0.25, 0.3) is 11.1 Å². The molecule has 0 aliphatic carbocycles. The molecule has 1 N–H and O–H groups in total. The molecular formula is C24H28N2O4. The van der Waals surface area contributed by atoms with E-state index in [9.17, 15) is 4.79 Å². The molecule has 0 radical (unpaired) electrons. The van der Waals surface area contributed by atoms with E-state index in [0.717, 1.165) is 67.1 Å². The van der Waals surface area contributed by atoms with E-state index in [1.807, 2.05) is 36.4 Å². The summed E-state index contributed by atoms with van der Waals surface area (Å²) in [5.41, 5.74) is 3.04. The average Bonchev–Trinajstić information content (AvgIpc) is 2.79. The van der Waals surface area contributed by atoms with Crippen LogP contribution in [0.15, 0.2) is 42.5 Å². The van der Waals surface area contributed by atoms with E-state index in [4.69, 9.17) is 14.2 Å². The SMILES string of the molecule is COc1ccccc1-c1ccc2c(c1)OCCC2NC(=O)O[C@@H]1CN2CCC1CC2. The molecule has 4 aliphatic rings. The Morgan fingerprint density at radius 3 is 2.73 bits per heavy atom. The Bertz CT molecular complexity index is 923. The van der Waals surface area contributed by atoms with E-state index >= 15 is 0 Å². The number of alkyl carbamates (subject to hydrolysis) is 1. The highest BCUT2D eigenvalue weighted by Gasteiger charge is 2.37. The Kier molecular flexibility index (Phi) is 5.25. The van der Waals surface area contributed by atoms with Gasteiger partial charge in [0.05, 0.1) is 19.8 Å². The molecule has 0 aromatic heterocycles. The Hall–Kier alpha value is -2.73. The fourth-order valence-electron chi connectivity index (χ4n) is 4.95. The second-order valence-corrected chi connectivity index (χ2v) is 8.37. The van der Waals surface area contributed by atoms with Gasteiger partial charge in [-0.05, 0) is 49.5 Å². The fourth-order valence-corrected chi connectivity index (χ4v) is 4.95. The highest BCUT2D eigenvalue weighted by atomic mass is 16.6. The zero-order valence-electron chi connectivity index (χ0n) is 17.3. The van der Waals surface area contributed by atoms with Gasteiger partial charge in [-0.1, -0.05) is 30.3 Å². The van der Waals surface area contributed by atoms with Gasteiger partial charge >= 0.3 is 6.09 Å². The summed E-state index contributed by atoms with van der Waals surface area (Å²) in [6, 6.07) is 13.9. The van der Waals surface area contributed by atoms with Crippen LogP contribution in [0.1, 0.15) is 30.9 Å². The highest BCUT2D eigenvalue weighted by Crippen LogP contribution is 2.38. The van der Waals surface area contributed by atoms with E-state index in [1.165, 1.54) is 0 Å². The Balaban J connectivity index is 1.30. The maximum absolute atomic E-state index is 12.6. The number of nitrogens with one attached hydrogen (secondary N) is 1. The van der Waals surface area contributed by atoms with Gasteiger partial charge in [0.2, 0.25) is 0 Å². The van der Waals surface area contributed by atoms with E-state index in [1.54, 1.807) is 7.11 Å². The van der Waals surface area contributed by atoms with Crippen molar-refractivity contribution in [3.8, 4) is 22.6 Å². The summed E-state index contributed by atoms with van der Waals surface area (Å²) < 4.78 is 17.2. The molecule has 158 valence electrons. The van der Waals surface area contributed by atoms with Crippen molar-refractivity contribution in [2.75, 3.05) is 33.4 Å². The van der Waals surface area contributed by atoms with Crippen molar-refractivity contribution in [3.05, 3.63) is 48.0 Å². The predicted octanol–water partition coefficient (Wildman–Crippen LogP) is 4.01. The Labute approximate surface area is 177 Å². The molecular weight excluding hydrogens is 380 g/mol. The maximum Gasteiger partial charge on any atom is 0.407 e. The van der Waals surface area contributed by atoms with Crippen LogP contribution >= 0.6 is 0 Å². The smallest absolute Gasteiger partial charge is 0.407 e. The molecule has 6 heteroatoms. The molecule has 1 unspecified atom stereocenters. The topological polar surface area (TPSA) is 60.0 Å². The number of piperidine rings is 3. The number of hydrogen-bond acceptors (Lipinski definition) is 5. The van der Waals surface area contributed by atoms with Gasteiger partial charge in [0, 0.05) is 24.1 Å². The summed E-state index contributed by atoms with van der Waals surface area (Å²) in [4.78, 5) is 15.0. The van der Waals surface area contributed by atoms with Gasteiger partial charge in [-0.2, -0.15) is 0 Å². The lowest BCUT2D eigenvalue weighted by Crippen LogP contribution is -2.52. The number of carbonyl (C=O) groups is 1. The summed E-state index contributed by atoms with van der Waals surface area (Å²) in [5.74, 6) is 2.13. The molecule has 4 heterocycles. The zero-order valence-corrected chi connectivity index (χ0v) is 17.3. The number of para-hydroxylation sites is 1. The molecule has 30 heavy (non-hydrogen) atoms. The minimum atomic E-state index is -0.319. The van der Waals surface area contributed by atoms with Crippen LogP contribution in [0, 0.1) is 5.92 Å². The standard InChI is InChI=1S/C24H28N2O4/c1-28-21-5-3-2-4-18(21)17-6-7-19-20(10-13-29-22(19)14-17)25-24(27)30-23-15-26-11-8-16(23)9-12-26/h2-7,14,16,20,23H,8-13,15H2,1H3,(H,25,27)/t20?,23-/m1/s1. The van der Waals surface area contributed by atoms with Crippen molar-refractivity contribution in [3.63, 3.8) is 0 Å². The van der Waals surface area contributed by atoms with Crippen LogP contribution in [0.2, 0.25) is 0 Å². The minimum absolute atomic E-state index is 0.0136. The monoisotopic (exact) mass is 408 g/mol. The van der Waals surface area contributed by atoms with Crippen molar-refractivity contribution >= 4 is 6.09 Å². The van der Waals surface area contributed by atoms with E-state index in [-0.39, 0.29) is 18.2 Å². The van der Waals surface area contributed by atoms with Gasteiger partial charge < -0.3 is 19.5 Å². The molecule has 0 spiro atoms. The maximum atomic E-state index is 12.6. The van der Waals surface area contributed by atoms with Crippen LogP contribution in [-0.4, -0.2) is 50.4 Å². The molecule has 6 rings (SSSR count). The lowest BCUT2D eigenvalue weighted by Gasteiger charge is -2.44. The summed E-state index contributed by atoms with van der Waals surface area (Å²) in [6.07, 6.45) is 2.68. The number of hydrogen-bond donors (Lipinski definition) is 1. The van der Waals surface area contributed by atoms with Crippen molar-refractivity contribution in [1.82, 2.24) is 10.2 Å². The average molecular weight is 408 g/mol. The normalized spacial score (nSPS) is 27.0. The molecule has 2 atom stereocenters. The summed E-state index contributed by atoms with van der Waals surface area (Å²) in [5, 5.41) is 3.08. The third-order valence-electron chi connectivity index (χ3n) is 6.62. The number of nitrogens with zero attached hydrogens (tertiary/aromatic N) is 1. The van der Waals surface area contributed by atoms with E-state index < -0.39 is 0 Å². The number of ether oxygens (including phenoxy) is 3. The van der Waals surface area contributed by atoms with Gasteiger partial charge in [0.25, 0.3) is 0 Å². The number of carbonyl (C=O) groups excluding carboxylic acids is 1. The largest absolute Gasteiger partial charge is 0.496 e. The van der Waals surface area contributed by atoms with Crippen LogP contribution in [0.3, 0.4) is 0 Å². The van der Waals surface area contributed by atoms with Gasteiger partial charge in [0.1, 0.15) is 17.6 Å². The Morgan fingerprint density at radius 2 is 1.97 bits per heavy atom. The van der Waals surface area contributed by atoms with Crippen molar-refractivity contribution in [1.29, 1.82) is 0 Å². The molecule has 3 saturated heterocycles. The quantitative estimate of drug-likeness (QED) is 0.829. The number of fused-ring (bicyclic) bond motifs is 4. The first-order valence-electron chi connectivity index (χ1n) is 10.8. The third-order valence-corrected chi connectivity index (χ3v) is 6.62. The fraction of sp³-hybridized carbons (Fsp3) is 0.458. The highest BCUT2D eigenvalue weighted by molar-refractivity contribution is 5.73. The van der Waals surface area contributed by atoms with Crippen LogP contribution in [-0.2, 0) is 4.74 Å². The zero-order chi connectivity index (χ0) is 20.5. The summed E-state index contributed by atoms with van der Waals surface area (Å²) in [6.45, 7) is 3.69. The molecule has 2 aromatic carbocycles. The first-order chi connectivity index (χ1) is 14.7. The lowest BCUT2D eigenvalue weighted by molar-refractivity contribution is -0.0342. The van der Waals surface area contributed by atoms with Crippen molar-refractivity contribution in [2.45, 2.75) is 31.4 Å². The van der Waals surface area contributed by atoms with Crippen LogP contribution < -0.4 is 14.8 Å². The summed E-state index contributed by atoms with van der Waals surface area (Å²) >= 11 is 0. The first kappa shape index (κ1) is 19.2. The van der Waals surface area contributed by atoms with Gasteiger partial charge in [0.15, 0.2) is 0 Å². The number of rotatable bonds is 4. The number of amides is 1. The van der Waals surface area contributed by atoms with E-state index in [0.29, 0.717) is 12.5 Å². The van der Waals surface area contributed by atoms with Gasteiger partial charge in [-0.15, -0.1) is 0 Å². The van der Waals surface area contributed by atoms with Gasteiger partial charge in [-0.25, -0.2) is 4.79 Å². The molecule has 3 fully saturated rings. The van der Waals surface area contributed by atoms with Crippen molar-refractivity contribution in [2.24, 2.45) is 5.92 Å². The van der Waals surface area contributed by atoms with E-state index in [2.05, 4.69) is 16.3 Å². The summed E-state index contributed by atoms with van der Waals surface area (Å²) in [7, 11) is 1.68. The predicted molar refractivity (Wildman–Crippen MR) is 114 cm³/mol. The lowest BCUT2D eigenvalue weighted by atomic mass is 9.86. The molecule has 0 saturated carbocycles. The Morgan fingerprint density at radius 1 is 1.13 bits per heavy atom. The van der Waals surface area contributed by atoms with Gasteiger partial charge in [-0.3, -0.25) is 4.90 Å². The van der Waals surface area contributed by atoms with Crippen LogP contribution in [0.4, 0.5) is 4.79 Å². The molecule has 2 bridgehead atoms. The second kappa shape index (κ2) is 8.19. The third kappa shape index (κ3) is 3.72. The number of methoxy groups -OCH3 is 1.